The molecule has 1 aliphatic rings. The number of aryl methyl sites for hydroxylation is 2. The summed E-state index contributed by atoms with van der Waals surface area (Å²) in [6, 6.07) is 19.4. The first-order valence-electron chi connectivity index (χ1n) is 10.9. The van der Waals surface area contributed by atoms with Crippen LogP contribution >= 0.6 is 11.8 Å². The largest absolute Gasteiger partial charge is 0.339 e. The van der Waals surface area contributed by atoms with Crippen molar-refractivity contribution >= 4 is 29.3 Å². The fourth-order valence-electron chi connectivity index (χ4n) is 3.77. The molecule has 0 aliphatic carbocycles. The summed E-state index contributed by atoms with van der Waals surface area (Å²) in [4.78, 5) is 32.3. The zero-order chi connectivity index (χ0) is 22.5. The van der Waals surface area contributed by atoms with Gasteiger partial charge in [0.2, 0.25) is 5.91 Å². The molecule has 1 aromatic heterocycles. The van der Waals surface area contributed by atoms with E-state index in [9.17, 15) is 9.59 Å². The number of aromatic nitrogens is 1. The van der Waals surface area contributed by atoms with Gasteiger partial charge in [0.25, 0.3) is 5.91 Å². The highest BCUT2D eigenvalue weighted by atomic mass is 32.2. The maximum Gasteiger partial charge on any atom is 0.255 e. The molecular weight excluding hydrogens is 418 g/mol. The summed E-state index contributed by atoms with van der Waals surface area (Å²) in [5, 5.41) is 3.32. The molecule has 6 heteroatoms. The molecule has 1 atom stereocenters. The second-order valence-electron chi connectivity index (χ2n) is 8.10. The molecule has 1 N–H and O–H groups in total. The van der Waals surface area contributed by atoms with Crippen LogP contribution in [0.3, 0.4) is 0 Å². The molecule has 2 aromatic carbocycles. The van der Waals surface area contributed by atoms with Crippen molar-refractivity contribution in [2.45, 2.75) is 37.0 Å². The Hall–Kier alpha value is -3.12. The van der Waals surface area contributed by atoms with E-state index in [0.29, 0.717) is 10.6 Å². The number of carbonyl (C=O) groups excluding carboxylic acids is 2. The van der Waals surface area contributed by atoms with E-state index in [1.165, 1.54) is 11.8 Å². The molecule has 2 heterocycles. The molecule has 0 saturated carbocycles. The monoisotopic (exact) mass is 445 g/mol. The Morgan fingerprint density at radius 1 is 1.00 bits per heavy atom. The Morgan fingerprint density at radius 3 is 2.44 bits per heavy atom. The highest BCUT2D eigenvalue weighted by molar-refractivity contribution is 8.00. The molecule has 32 heavy (non-hydrogen) atoms. The van der Waals surface area contributed by atoms with Gasteiger partial charge in [-0.05, 0) is 61.6 Å². The van der Waals surface area contributed by atoms with Gasteiger partial charge in [-0.1, -0.05) is 54.2 Å². The van der Waals surface area contributed by atoms with Crippen molar-refractivity contribution in [1.82, 2.24) is 9.88 Å². The predicted molar refractivity (Wildman–Crippen MR) is 129 cm³/mol. The van der Waals surface area contributed by atoms with Crippen molar-refractivity contribution in [2.24, 2.45) is 0 Å². The first-order valence-corrected chi connectivity index (χ1v) is 11.7. The lowest BCUT2D eigenvalue weighted by Crippen LogP contribution is -2.27. The summed E-state index contributed by atoms with van der Waals surface area (Å²) in [5.41, 5.74) is 4.42. The van der Waals surface area contributed by atoms with E-state index in [2.05, 4.69) is 10.3 Å². The smallest absolute Gasteiger partial charge is 0.255 e. The molecular formula is C26H27N3O2S. The number of hydrogen-bond acceptors (Lipinski definition) is 4. The summed E-state index contributed by atoms with van der Waals surface area (Å²) < 4.78 is 0. The lowest BCUT2D eigenvalue weighted by atomic mass is 10.1. The Kier molecular flexibility index (Phi) is 6.90. The van der Waals surface area contributed by atoms with Crippen molar-refractivity contribution in [3.8, 4) is 0 Å². The SMILES string of the molecule is Cc1ccc(C)c(NC(=O)C(Sc2ccc(C(=O)N3CCCC3)cn2)c2ccccc2)c1. The van der Waals surface area contributed by atoms with E-state index < -0.39 is 5.25 Å². The van der Waals surface area contributed by atoms with Crippen molar-refractivity contribution in [2.75, 3.05) is 18.4 Å². The average Bonchev–Trinajstić information content (AvgIpc) is 3.35. The standard InChI is InChI=1S/C26H27N3O2S/c1-18-10-11-19(2)22(16-18)28-25(30)24(20-8-4-3-5-9-20)32-23-13-12-21(17-27-23)26(31)29-14-6-7-15-29/h3-5,8-13,16-17,24H,6-7,14-15H2,1-2H3,(H,28,30). The summed E-state index contributed by atoms with van der Waals surface area (Å²) in [6.07, 6.45) is 3.73. The van der Waals surface area contributed by atoms with E-state index in [4.69, 9.17) is 0 Å². The van der Waals surface area contributed by atoms with Crippen molar-refractivity contribution in [3.63, 3.8) is 0 Å². The van der Waals surface area contributed by atoms with Crippen LogP contribution in [0.25, 0.3) is 0 Å². The average molecular weight is 446 g/mol. The van der Waals surface area contributed by atoms with E-state index in [1.807, 2.05) is 73.3 Å². The molecule has 3 aromatic rings. The van der Waals surface area contributed by atoms with Crippen LogP contribution < -0.4 is 5.32 Å². The number of anilines is 1. The minimum atomic E-state index is -0.469. The van der Waals surface area contributed by atoms with Gasteiger partial charge in [0.1, 0.15) is 5.25 Å². The fraction of sp³-hybridized carbons (Fsp3) is 0.269. The van der Waals surface area contributed by atoms with Crippen LogP contribution in [0.5, 0.6) is 0 Å². The molecule has 1 unspecified atom stereocenters. The van der Waals surface area contributed by atoms with E-state index in [0.717, 1.165) is 48.3 Å². The van der Waals surface area contributed by atoms with Gasteiger partial charge in [0.15, 0.2) is 0 Å². The van der Waals surface area contributed by atoms with Gasteiger partial charge in [-0.2, -0.15) is 0 Å². The number of pyridine rings is 1. The second kappa shape index (κ2) is 10.0. The molecule has 1 aliphatic heterocycles. The first kappa shape index (κ1) is 22.1. The number of carbonyl (C=O) groups is 2. The quantitative estimate of drug-likeness (QED) is 0.516. The van der Waals surface area contributed by atoms with Gasteiger partial charge in [-0.3, -0.25) is 9.59 Å². The second-order valence-corrected chi connectivity index (χ2v) is 9.23. The predicted octanol–water partition coefficient (Wildman–Crippen LogP) is 5.41. The van der Waals surface area contributed by atoms with Crippen LogP contribution in [0.4, 0.5) is 5.69 Å². The van der Waals surface area contributed by atoms with Gasteiger partial charge < -0.3 is 10.2 Å². The molecule has 1 saturated heterocycles. The molecule has 5 nitrogen and oxygen atoms in total. The third kappa shape index (κ3) is 5.19. The van der Waals surface area contributed by atoms with Crippen LogP contribution in [-0.2, 0) is 4.79 Å². The third-order valence-corrected chi connectivity index (χ3v) is 6.81. The number of likely N-dealkylation sites (tertiary alicyclic amines) is 1. The highest BCUT2D eigenvalue weighted by Crippen LogP contribution is 2.35. The van der Waals surface area contributed by atoms with Crippen LogP contribution in [-0.4, -0.2) is 34.8 Å². The molecule has 164 valence electrons. The Labute approximate surface area is 193 Å². The molecule has 4 rings (SSSR count). The maximum absolute atomic E-state index is 13.3. The summed E-state index contributed by atoms with van der Waals surface area (Å²) in [7, 11) is 0. The van der Waals surface area contributed by atoms with Crippen molar-refractivity contribution in [3.05, 3.63) is 89.1 Å². The molecule has 0 bridgehead atoms. The normalized spacial score (nSPS) is 14.2. The van der Waals surface area contributed by atoms with Gasteiger partial charge >= 0.3 is 0 Å². The summed E-state index contributed by atoms with van der Waals surface area (Å²) in [5.74, 6) is -0.0762. The van der Waals surface area contributed by atoms with Gasteiger partial charge in [-0.25, -0.2) is 4.98 Å². The van der Waals surface area contributed by atoms with Crippen LogP contribution in [0.2, 0.25) is 0 Å². The first-order chi connectivity index (χ1) is 15.5. The van der Waals surface area contributed by atoms with Crippen LogP contribution in [0, 0.1) is 13.8 Å². The zero-order valence-corrected chi connectivity index (χ0v) is 19.2. The Bertz CT molecular complexity index is 1090. The van der Waals surface area contributed by atoms with E-state index in [-0.39, 0.29) is 11.8 Å². The van der Waals surface area contributed by atoms with E-state index in [1.54, 1.807) is 12.3 Å². The number of hydrogen-bond donors (Lipinski definition) is 1. The third-order valence-electron chi connectivity index (χ3n) is 5.61. The number of nitrogens with one attached hydrogen (secondary N) is 1. The maximum atomic E-state index is 13.3. The Balaban J connectivity index is 1.54. The number of benzene rings is 2. The van der Waals surface area contributed by atoms with Gasteiger partial charge in [0, 0.05) is 25.0 Å². The lowest BCUT2D eigenvalue weighted by Gasteiger charge is -2.18. The molecule has 0 radical (unpaired) electrons. The lowest BCUT2D eigenvalue weighted by molar-refractivity contribution is -0.115. The van der Waals surface area contributed by atoms with Crippen LogP contribution in [0.1, 0.15) is 45.1 Å². The number of nitrogens with zero attached hydrogens (tertiary/aromatic N) is 2. The number of rotatable bonds is 6. The Morgan fingerprint density at radius 2 is 1.75 bits per heavy atom. The van der Waals surface area contributed by atoms with Crippen molar-refractivity contribution in [1.29, 1.82) is 0 Å². The molecule has 0 spiro atoms. The number of amides is 2. The fourth-order valence-corrected chi connectivity index (χ4v) is 4.73. The number of thioether (sulfide) groups is 1. The minimum Gasteiger partial charge on any atom is -0.339 e. The topological polar surface area (TPSA) is 62.3 Å². The highest BCUT2D eigenvalue weighted by Gasteiger charge is 2.24. The van der Waals surface area contributed by atoms with Crippen LogP contribution in [0.15, 0.2) is 71.9 Å². The summed E-state index contributed by atoms with van der Waals surface area (Å²) >= 11 is 1.38. The summed E-state index contributed by atoms with van der Waals surface area (Å²) in [6.45, 7) is 5.61. The molecule has 1 fully saturated rings. The van der Waals surface area contributed by atoms with E-state index >= 15 is 0 Å². The van der Waals surface area contributed by atoms with Crippen molar-refractivity contribution < 1.29 is 9.59 Å². The van der Waals surface area contributed by atoms with Gasteiger partial charge in [-0.15, -0.1) is 0 Å². The minimum absolute atomic E-state index is 0.0267. The molecule has 2 amide bonds. The van der Waals surface area contributed by atoms with Gasteiger partial charge in [0.05, 0.1) is 10.6 Å². The zero-order valence-electron chi connectivity index (χ0n) is 18.4.